The molecule has 2 saturated heterocycles. The zero-order valence-corrected chi connectivity index (χ0v) is 7.13. The Labute approximate surface area is 71.2 Å². The molecule has 2 aliphatic rings. The highest BCUT2D eigenvalue weighted by atomic mass is 16.6. The second-order valence-corrected chi connectivity index (χ2v) is 3.58. The number of hydrogen-bond donors (Lipinski definition) is 1. The van der Waals surface area contributed by atoms with Gasteiger partial charge in [-0.3, -0.25) is 0 Å². The van der Waals surface area contributed by atoms with Crippen LogP contribution in [0.5, 0.6) is 0 Å². The average molecular weight is 171 g/mol. The number of rotatable bonds is 0. The van der Waals surface area contributed by atoms with E-state index in [1.165, 1.54) is 0 Å². The van der Waals surface area contributed by atoms with Gasteiger partial charge in [0, 0.05) is 12.5 Å². The molecular formula is C8H13NO3. The van der Waals surface area contributed by atoms with Crippen LogP contribution in [0, 0.1) is 5.92 Å². The lowest BCUT2D eigenvalue weighted by Gasteiger charge is -2.36. The van der Waals surface area contributed by atoms with Gasteiger partial charge in [-0.1, -0.05) is 6.92 Å². The summed E-state index contributed by atoms with van der Waals surface area (Å²) >= 11 is 0. The highest BCUT2D eigenvalue weighted by Crippen LogP contribution is 2.29. The number of amides is 1. The number of alkyl carbamates (subject to hydrolysis) is 1. The third-order valence-electron chi connectivity index (χ3n) is 2.82. The number of hydrogen-bond acceptors (Lipinski definition) is 3. The molecule has 2 aliphatic heterocycles. The van der Waals surface area contributed by atoms with Crippen LogP contribution in [0.25, 0.3) is 0 Å². The summed E-state index contributed by atoms with van der Waals surface area (Å²) < 4.78 is 10.2. The third kappa shape index (κ3) is 1.06. The fourth-order valence-electron chi connectivity index (χ4n) is 1.79. The summed E-state index contributed by atoms with van der Waals surface area (Å²) in [7, 11) is 0. The fourth-order valence-corrected chi connectivity index (χ4v) is 1.79. The molecule has 4 heteroatoms. The molecule has 2 atom stereocenters. The minimum atomic E-state index is -0.288. The minimum Gasteiger partial charge on any atom is -0.447 e. The van der Waals surface area contributed by atoms with Gasteiger partial charge in [-0.05, 0) is 6.42 Å². The zero-order chi connectivity index (χ0) is 8.60. The van der Waals surface area contributed by atoms with Gasteiger partial charge in [-0.25, -0.2) is 4.79 Å². The molecule has 2 heterocycles. The van der Waals surface area contributed by atoms with Gasteiger partial charge < -0.3 is 14.8 Å². The highest BCUT2D eigenvalue weighted by Gasteiger charge is 2.45. The summed E-state index contributed by atoms with van der Waals surface area (Å²) in [6, 6.07) is 0. The lowest BCUT2D eigenvalue weighted by Crippen LogP contribution is -2.53. The van der Waals surface area contributed by atoms with E-state index in [1.54, 1.807) is 0 Å². The molecule has 0 saturated carbocycles. The smallest absolute Gasteiger partial charge is 0.407 e. The van der Waals surface area contributed by atoms with Gasteiger partial charge in [0.05, 0.1) is 12.1 Å². The van der Waals surface area contributed by atoms with Gasteiger partial charge in [-0.15, -0.1) is 0 Å². The van der Waals surface area contributed by atoms with Gasteiger partial charge >= 0.3 is 6.09 Å². The summed E-state index contributed by atoms with van der Waals surface area (Å²) in [4.78, 5) is 10.9. The van der Waals surface area contributed by atoms with Crippen molar-refractivity contribution in [2.45, 2.75) is 18.9 Å². The minimum absolute atomic E-state index is 0.144. The van der Waals surface area contributed by atoms with E-state index in [0.717, 1.165) is 6.42 Å². The van der Waals surface area contributed by atoms with Gasteiger partial charge in [0.2, 0.25) is 0 Å². The van der Waals surface area contributed by atoms with E-state index in [9.17, 15) is 4.79 Å². The van der Waals surface area contributed by atoms with Gasteiger partial charge in [0.1, 0.15) is 6.61 Å². The molecule has 0 aromatic rings. The lowest BCUT2D eigenvalue weighted by molar-refractivity contribution is -0.00258. The quantitative estimate of drug-likeness (QED) is 0.578. The monoisotopic (exact) mass is 171 g/mol. The summed E-state index contributed by atoms with van der Waals surface area (Å²) in [5.74, 6) is 0.345. The normalized spacial score (nSPS) is 41.1. The van der Waals surface area contributed by atoms with E-state index in [-0.39, 0.29) is 11.6 Å². The van der Waals surface area contributed by atoms with Crippen LogP contribution in [0.2, 0.25) is 0 Å². The van der Waals surface area contributed by atoms with Gasteiger partial charge in [0.15, 0.2) is 0 Å². The molecule has 0 aromatic heterocycles. The summed E-state index contributed by atoms with van der Waals surface area (Å²) in [6.07, 6.45) is 0.573. The summed E-state index contributed by atoms with van der Waals surface area (Å²) in [5.41, 5.74) is -0.144. The van der Waals surface area contributed by atoms with Crippen molar-refractivity contribution >= 4 is 6.09 Å². The lowest BCUT2D eigenvalue weighted by atomic mass is 9.82. The summed E-state index contributed by atoms with van der Waals surface area (Å²) in [6.45, 7) is 4.00. The first kappa shape index (κ1) is 7.86. The Morgan fingerprint density at radius 3 is 3.08 bits per heavy atom. The molecule has 4 nitrogen and oxygen atoms in total. The topological polar surface area (TPSA) is 47.6 Å². The molecule has 12 heavy (non-hydrogen) atoms. The molecule has 2 rings (SSSR count). The van der Waals surface area contributed by atoms with Crippen LogP contribution in [-0.2, 0) is 9.47 Å². The van der Waals surface area contributed by atoms with Crippen LogP contribution in [0.15, 0.2) is 0 Å². The van der Waals surface area contributed by atoms with Crippen molar-refractivity contribution in [2.24, 2.45) is 5.92 Å². The maximum absolute atomic E-state index is 10.9. The molecule has 0 aromatic carbocycles. The Morgan fingerprint density at radius 2 is 2.50 bits per heavy atom. The summed E-state index contributed by atoms with van der Waals surface area (Å²) in [5, 5.41) is 2.88. The van der Waals surface area contributed by atoms with Crippen LogP contribution >= 0.6 is 0 Å². The van der Waals surface area contributed by atoms with Crippen LogP contribution < -0.4 is 5.32 Å². The van der Waals surface area contributed by atoms with Crippen LogP contribution in [-0.4, -0.2) is 31.5 Å². The van der Waals surface area contributed by atoms with E-state index in [4.69, 9.17) is 9.47 Å². The van der Waals surface area contributed by atoms with Crippen molar-refractivity contribution in [3.8, 4) is 0 Å². The largest absolute Gasteiger partial charge is 0.447 e. The number of ether oxygens (including phenoxy) is 2. The van der Waals surface area contributed by atoms with Gasteiger partial charge in [-0.2, -0.15) is 0 Å². The predicted octanol–water partition coefficient (Wildman–Crippen LogP) is 0.521. The van der Waals surface area contributed by atoms with E-state index in [0.29, 0.717) is 25.7 Å². The number of carbonyl (C=O) groups excluding carboxylic acids is 1. The predicted molar refractivity (Wildman–Crippen MR) is 41.8 cm³/mol. The maximum atomic E-state index is 10.9. The Hall–Kier alpha value is -0.770. The fraction of sp³-hybridized carbons (Fsp3) is 0.875. The van der Waals surface area contributed by atoms with E-state index in [1.807, 2.05) is 0 Å². The zero-order valence-electron chi connectivity index (χ0n) is 7.13. The van der Waals surface area contributed by atoms with Crippen molar-refractivity contribution in [2.75, 3.05) is 19.8 Å². The Kier molecular flexibility index (Phi) is 1.72. The second-order valence-electron chi connectivity index (χ2n) is 3.58. The molecule has 2 fully saturated rings. The first-order valence-corrected chi connectivity index (χ1v) is 4.26. The van der Waals surface area contributed by atoms with Crippen LogP contribution in [0.1, 0.15) is 13.3 Å². The Bertz CT molecular complexity index is 206. The SMILES string of the molecule is CC1COCCC12COC(=O)N2. The van der Waals surface area contributed by atoms with E-state index in [2.05, 4.69) is 12.2 Å². The van der Waals surface area contributed by atoms with Crippen molar-refractivity contribution < 1.29 is 14.3 Å². The molecule has 0 radical (unpaired) electrons. The molecule has 1 spiro atoms. The molecule has 1 N–H and O–H groups in total. The van der Waals surface area contributed by atoms with Crippen LogP contribution in [0.4, 0.5) is 4.79 Å². The molecule has 2 unspecified atom stereocenters. The first-order chi connectivity index (χ1) is 5.73. The molecule has 1 amide bonds. The number of nitrogens with one attached hydrogen (secondary N) is 1. The van der Waals surface area contributed by atoms with Gasteiger partial charge in [0.25, 0.3) is 0 Å². The molecule has 0 aliphatic carbocycles. The third-order valence-corrected chi connectivity index (χ3v) is 2.82. The average Bonchev–Trinajstić information content (AvgIpc) is 2.41. The second kappa shape index (κ2) is 2.62. The number of cyclic esters (lactones) is 1. The maximum Gasteiger partial charge on any atom is 0.407 e. The van der Waals surface area contributed by atoms with Crippen molar-refractivity contribution in [1.82, 2.24) is 5.32 Å². The van der Waals surface area contributed by atoms with Crippen LogP contribution in [0.3, 0.4) is 0 Å². The number of carbonyl (C=O) groups is 1. The highest BCUT2D eigenvalue weighted by molar-refractivity contribution is 5.70. The van der Waals surface area contributed by atoms with Crippen molar-refractivity contribution in [3.63, 3.8) is 0 Å². The molecule has 68 valence electrons. The van der Waals surface area contributed by atoms with E-state index >= 15 is 0 Å². The van der Waals surface area contributed by atoms with E-state index < -0.39 is 0 Å². The Balaban J connectivity index is 2.12. The van der Waals surface area contributed by atoms with Crippen molar-refractivity contribution in [1.29, 1.82) is 0 Å². The molecular weight excluding hydrogens is 158 g/mol. The Morgan fingerprint density at radius 1 is 1.67 bits per heavy atom. The standard InChI is InChI=1S/C8H13NO3/c1-6-4-11-3-2-8(6)5-12-7(10)9-8/h6H,2-5H2,1H3,(H,9,10). The first-order valence-electron chi connectivity index (χ1n) is 4.26. The van der Waals surface area contributed by atoms with Crippen molar-refractivity contribution in [3.05, 3.63) is 0 Å². The molecule has 0 bridgehead atoms.